The van der Waals surface area contributed by atoms with Crippen LogP contribution in [-0.4, -0.2) is 54.6 Å². The van der Waals surface area contributed by atoms with Gasteiger partial charge >= 0.3 is 0 Å². The molecule has 1 saturated heterocycles. The van der Waals surface area contributed by atoms with Crippen LogP contribution in [-0.2, 0) is 0 Å². The van der Waals surface area contributed by atoms with Crippen LogP contribution in [0.4, 0.5) is 4.39 Å². The first-order valence-electron chi connectivity index (χ1n) is 12.3. The lowest BCUT2D eigenvalue weighted by Gasteiger charge is -2.37. The Bertz CT molecular complexity index is 1300. The molecular weight excluding hydrogens is 461 g/mol. The second-order valence-corrected chi connectivity index (χ2v) is 9.55. The average Bonchev–Trinajstić information content (AvgIpc) is 3.04. The van der Waals surface area contributed by atoms with Crippen LogP contribution in [0.15, 0.2) is 60.7 Å². The number of alkyl halides is 1. The predicted molar refractivity (Wildman–Crippen MR) is 134 cm³/mol. The van der Waals surface area contributed by atoms with Crippen LogP contribution in [0.25, 0.3) is 11.1 Å². The van der Waals surface area contributed by atoms with Crippen molar-refractivity contribution in [3.05, 3.63) is 77.4 Å². The number of phenols is 2. The molecule has 0 aliphatic carbocycles. The normalized spacial score (nSPS) is 19.2. The molecule has 0 saturated carbocycles. The topological polar surface area (TPSA) is 71.4 Å². The van der Waals surface area contributed by atoms with Gasteiger partial charge in [-0.25, -0.2) is 0 Å². The highest BCUT2D eigenvalue weighted by molar-refractivity contribution is 5.98. The van der Waals surface area contributed by atoms with Crippen LogP contribution < -0.4 is 14.2 Å². The third-order valence-corrected chi connectivity index (χ3v) is 7.10. The number of phenolic OH excluding ortho intramolecular Hbond substituents is 2. The van der Waals surface area contributed by atoms with Crippen LogP contribution >= 0.6 is 0 Å². The second kappa shape index (κ2) is 9.39. The highest BCUT2D eigenvalue weighted by Crippen LogP contribution is 2.52. The number of aromatic hydroxyl groups is 2. The lowest BCUT2D eigenvalue weighted by Crippen LogP contribution is -2.49. The quantitative estimate of drug-likeness (QED) is 0.496. The number of likely N-dealkylation sites (tertiary alicyclic amines) is 1. The molecule has 0 amide bonds. The smallest absolute Gasteiger partial charge is 0.150 e. The Morgan fingerprint density at radius 1 is 0.917 bits per heavy atom. The van der Waals surface area contributed by atoms with E-state index in [1.165, 1.54) is 0 Å². The molecule has 6 rings (SSSR count). The number of ether oxygens (including phenoxy) is 3. The van der Waals surface area contributed by atoms with Crippen molar-refractivity contribution < 1.29 is 28.8 Å². The number of fused-ring (bicyclic) bond motifs is 4. The van der Waals surface area contributed by atoms with E-state index in [1.54, 1.807) is 30.3 Å². The highest BCUT2D eigenvalue weighted by Gasteiger charge is 2.34. The fraction of sp³-hybridized carbons (Fsp3) is 0.310. The van der Waals surface area contributed by atoms with E-state index in [-0.39, 0.29) is 24.1 Å². The third-order valence-electron chi connectivity index (χ3n) is 7.10. The van der Waals surface area contributed by atoms with E-state index in [9.17, 15) is 14.6 Å². The van der Waals surface area contributed by atoms with Crippen molar-refractivity contribution in [3.63, 3.8) is 0 Å². The van der Waals surface area contributed by atoms with Gasteiger partial charge in [-0.05, 0) is 53.6 Å². The van der Waals surface area contributed by atoms with E-state index in [4.69, 9.17) is 14.2 Å². The summed E-state index contributed by atoms with van der Waals surface area (Å²) in [7, 11) is 0. The van der Waals surface area contributed by atoms with Crippen LogP contribution in [0, 0.1) is 5.92 Å². The largest absolute Gasteiger partial charge is 0.508 e. The zero-order valence-corrected chi connectivity index (χ0v) is 19.8. The van der Waals surface area contributed by atoms with Crippen LogP contribution in [0.5, 0.6) is 28.7 Å². The molecule has 0 aromatic heterocycles. The molecule has 1 atom stereocenters. The van der Waals surface area contributed by atoms with Crippen LogP contribution in [0.2, 0.25) is 0 Å². The Labute approximate surface area is 209 Å². The minimum atomic E-state index is -0.454. The summed E-state index contributed by atoms with van der Waals surface area (Å²) in [5.74, 6) is 2.55. The molecule has 36 heavy (non-hydrogen) atoms. The summed E-state index contributed by atoms with van der Waals surface area (Å²) in [5, 5.41) is 20.4. The summed E-state index contributed by atoms with van der Waals surface area (Å²) >= 11 is 0. The third kappa shape index (κ3) is 4.24. The van der Waals surface area contributed by atoms with Gasteiger partial charge in [0.25, 0.3) is 0 Å². The first-order chi connectivity index (χ1) is 17.6. The molecular formula is C29H28FNO5. The Hall–Kier alpha value is -3.71. The minimum absolute atomic E-state index is 0.142. The summed E-state index contributed by atoms with van der Waals surface area (Å²) in [6.45, 7) is 3.17. The second-order valence-electron chi connectivity index (χ2n) is 9.55. The van der Waals surface area contributed by atoms with E-state index in [0.29, 0.717) is 31.1 Å². The van der Waals surface area contributed by atoms with Gasteiger partial charge in [0.1, 0.15) is 41.5 Å². The molecule has 0 spiro atoms. The molecule has 3 aromatic rings. The summed E-state index contributed by atoms with van der Waals surface area (Å²) in [5.41, 5.74) is 4.67. The molecule has 0 radical (unpaired) electrons. The van der Waals surface area contributed by atoms with Gasteiger partial charge in [-0.1, -0.05) is 12.1 Å². The van der Waals surface area contributed by atoms with Crippen molar-refractivity contribution in [2.75, 3.05) is 39.5 Å². The number of nitrogens with zero attached hydrogens (tertiary/aromatic N) is 1. The van der Waals surface area contributed by atoms with Gasteiger partial charge in [0.05, 0.1) is 13.3 Å². The Balaban J connectivity index is 1.30. The van der Waals surface area contributed by atoms with Crippen molar-refractivity contribution in [1.82, 2.24) is 4.90 Å². The fourth-order valence-corrected chi connectivity index (χ4v) is 5.26. The lowest BCUT2D eigenvalue weighted by molar-refractivity contribution is 0.0668. The van der Waals surface area contributed by atoms with E-state index in [2.05, 4.69) is 4.90 Å². The Morgan fingerprint density at radius 2 is 1.69 bits per heavy atom. The highest BCUT2D eigenvalue weighted by atomic mass is 19.1. The maximum Gasteiger partial charge on any atom is 0.150 e. The zero-order valence-electron chi connectivity index (χ0n) is 19.8. The molecule has 1 fully saturated rings. The summed E-state index contributed by atoms with van der Waals surface area (Å²) in [6, 6.07) is 18.1. The number of halogens is 1. The summed E-state index contributed by atoms with van der Waals surface area (Å²) in [4.78, 5) is 2.19. The van der Waals surface area contributed by atoms with Crippen LogP contribution in [0.3, 0.4) is 0 Å². The molecule has 186 valence electrons. The minimum Gasteiger partial charge on any atom is -0.508 e. The number of rotatable bonds is 6. The number of hydrogen-bond acceptors (Lipinski definition) is 6. The Kier molecular flexibility index (Phi) is 5.93. The maximum atomic E-state index is 12.6. The van der Waals surface area contributed by atoms with Gasteiger partial charge in [0.2, 0.25) is 0 Å². The zero-order chi connectivity index (χ0) is 24.6. The molecule has 3 aliphatic rings. The number of hydrogen-bond donors (Lipinski definition) is 2. The molecule has 3 heterocycles. The summed E-state index contributed by atoms with van der Waals surface area (Å²) in [6.07, 6.45) is 0.216. The van der Waals surface area contributed by atoms with Gasteiger partial charge in [-0.15, -0.1) is 0 Å². The first-order valence-corrected chi connectivity index (χ1v) is 12.3. The first kappa shape index (κ1) is 22.7. The van der Waals surface area contributed by atoms with Crippen molar-refractivity contribution in [2.45, 2.75) is 12.5 Å². The fourth-order valence-electron chi connectivity index (χ4n) is 5.26. The SMILES string of the molecule is Oc1ccc2c(c1)O[C@H](c1ccc(OCCN3CC(CF)C3)cc1)C1=C2CCOc2ccc(O)cc21. The summed E-state index contributed by atoms with van der Waals surface area (Å²) < 4.78 is 31.0. The van der Waals surface area contributed by atoms with E-state index < -0.39 is 6.10 Å². The molecule has 6 nitrogen and oxygen atoms in total. The van der Waals surface area contributed by atoms with Crippen molar-refractivity contribution in [3.8, 4) is 28.7 Å². The molecule has 3 aliphatic heterocycles. The Morgan fingerprint density at radius 3 is 2.50 bits per heavy atom. The van der Waals surface area contributed by atoms with Crippen LogP contribution in [0.1, 0.15) is 29.2 Å². The maximum absolute atomic E-state index is 12.6. The van der Waals surface area contributed by atoms with E-state index in [0.717, 1.165) is 53.2 Å². The predicted octanol–water partition coefficient (Wildman–Crippen LogP) is 5.20. The van der Waals surface area contributed by atoms with Gasteiger partial charge in [-0.3, -0.25) is 9.29 Å². The molecule has 3 aromatic carbocycles. The molecule has 0 bridgehead atoms. The van der Waals surface area contributed by atoms with Gasteiger partial charge in [-0.2, -0.15) is 0 Å². The lowest BCUT2D eigenvalue weighted by atomic mass is 9.84. The van der Waals surface area contributed by atoms with Crippen molar-refractivity contribution in [2.24, 2.45) is 5.92 Å². The average molecular weight is 490 g/mol. The molecule has 7 heteroatoms. The van der Waals surface area contributed by atoms with Gasteiger partial charge in [0, 0.05) is 54.7 Å². The monoisotopic (exact) mass is 489 g/mol. The van der Waals surface area contributed by atoms with E-state index >= 15 is 0 Å². The standard InChI is InChI=1S/C29H28FNO5/c30-15-18-16-31(17-18)10-12-34-22-5-1-19(2-6-22)29-28-24(23-7-3-21(33)14-27(23)36-29)9-11-35-26-8-4-20(32)13-25(26)28/h1-8,13-14,18,29,32-33H,9-12,15-17H2/t29-/m1/s1. The van der Waals surface area contributed by atoms with E-state index in [1.807, 2.05) is 30.3 Å². The van der Waals surface area contributed by atoms with Crippen molar-refractivity contribution >= 4 is 11.1 Å². The molecule has 0 unspecified atom stereocenters. The van der Waals surface area contributed by atoms with Crippen molar-refractivity contribution in [1.29, 1.82) is 0 Å². The number of benzene rings is 3. The van der Waals surface area contributed by atoms with Gasteiger partial charge in [0.15, 0.2) is 0 Å². The molecule has 2 N–H and O–H groups in total. The van der Waals surface area contributed by atoms with Gasteiger partial charge < -0.3 is 24.4 Å².